The number of nitrogen functional groups attached to an aromatic ring is 1. The maximum Gasteiger partial charge on any atom is 0.391 e. The zero-order valence-corrected chi connectivity index (χ0v) is 14.8. The molecule has 0 bridgehead atoms. The number of carbonyl (C=O) groups is 1. The number of hydrogen-bond donors (Lipinski definition) is 2. The second-order valence-corrected chi connectivity index (χ2v) is 7.01. The van der Waals surface area contributed by atoms with Crippen molar-refractivity contribution in [2.75, 3.05) is 5.73 Å². The third-order valence-electron chi connectivity index (χ3n) is 5.31. The van der Waals surface area contributed by atoms with Crippen molar-refractivity contribution >= 4 is 24.0 Å². The van der Waals surface area contributed by atoms with Crippen molar-refractivity contribution in [1.29, 1.82) is 0 Å². The molecule has 1 aromatic carbocycles. The van der Waals surface area contributed by atoms with Crippen LogP contribution >= 0.6 is 12.4 Å². The summed E-state index contributed by atoms with van der Waals surface area (Å²) < 4.78 is 38.8. The molecule has 3 nitrogen and oxygen atoms in total. The molecule has 2 aliphatic carbocycles. The van der Waals surface area contributed by atoms with Gasteiger partial charge < -0.3 is 11.1 Å². The fourth-order valence-corrected chi connectivity index (χ4v) is 4.00. The average molecular weight is 377 g/mol. The summed E-state index contributed by atoms with van der Waals surface area (Å²) in [6.45, 7) is 0. The highest BCUT2D eigenvalue weighted by molar-refractivity contribution is 5.85. The topological polar surface area (TPSA) is 55.1 Å². The Morgan fingerprint density at radius 3 is 2.64 bits per heavy atom. The Bertz CT molecular complexity index is 621. The molecule has 0 spiro atoms. The number of fused-ring (bicyclic) bond motifs is 1. The van der Waals surface area contributed by atoms with Crippen LogP contribution in [0.4, 0.5) is 18.9 Å². The van der Waals surface area contributed by atoms with Gasteiger partial charge in [-0.15, -0.1) is 12.4 Å². The number of anilines is 1. The highest BCUT2D eigenvalue weighted by Gasteiger charge is 2.43. The van der Waals surface area contributed by atoms with Crippen LogP contribution < -0.4 is 11.1 Å². The molecule has 3 N–H and O–H groups in total. The number of aryl methyl sites for hydroxylation is 1. The van der Waals surface area contributed by atoms with Gasteiger partial charge >= 0.3 is 6.18 Å². The van der Waals surface area contributed by atoms with E-state index in [1.807, 2.05) is 18.2 Å². The van der Waals surface area contributed by atoms with E-state index in [9.17, 15) is 18.0 Å². The highest BCUT2D eigenvalue weighted by atomic mass is 35.5. The summed E-state index contributed by atoms with van der Waals surface area (Å²) in [5.41, 5.74) is 8.68. The zero-order chi connectivity index (χ0) is 17.3. The Morgan fingerprint density at radius 1 is 1.16 bits per heavy atom. The molecule has 1 fully saturated rings. The first-order valence-electron chi connectivity index (χ1n) is 8.60. The molecule has 3 atom stereocenters. The summed E-state index contributed by atoms with van der Waals surface area (Å²) in [5, 5.41) is 2.99. The molecule has 0 radical (unpaired) electrons. The Labute approximate surface area is 152 Å². The fourth-order valence-electron chi connectivity index (χ4n) is 4.00. The maximum atomic E-state index is 12.9. The zero-order valence-electron chi connectivity index (χ0n) is 13.9. The molecule has 1 aromatic rings. The molecule has 7 heteroatoms. The lowest BCUT2D eigenvalue weighted by Gasteiger charge is -2.32. The van der Waals surface area contributed by atoms with E-state index in [0.717, 1.165) is 30.4 Å². The molecule has 0 aromatic heterocycles. The first-order chi connectivity index (χ1) is 11.3. The van der Waals surface area contributed by atoms with Crippen LogP contribution in [0.2, 0.25) is 0 Å². The predicted octanol–water partition coefficient (Wildman–Crippen LogP) is 4.55. The van der Waals surface area contributed by atoms with Gasteiger partial charge in [0.1, 0.15) is 0 Å². The van der Waals surface area contributed by atoms with Crippen molar-refractivity contribution in [1.82, 2.24) is 5.32 Å². The maximum absolute atomic E-state index is 12.9. The van der Waals surface area contributed by atoms with Gasteiger partial charge in [0.05, 0.1) is 12.0 Å². The van der Waals surface area contributed by atoms with E-state index in [4.69, 9.17) is 5.73 Å². The molecular formula is C18H24ClF3N2O. The first-order valence-corrected chi connectivity index (χ1v) is 8.60. The summed E-state index contributed by atoms with van der Waals surface area (Å²) in [5.74, 6) is -2.12. The van der Waals surface area contributed by atoms with Crippen LogP contribution in [0.25, 0.3) is 0 Å². The van der Waals surface area contributed by atoms with Crippen LogP contribution in [0.15, 0.2) is 18.2 Å². The third kappa shape index (κ3) is 4.60. The number of alkyl halides is 3. The lowest BCUT2D eigenvalue weighted by atomic mass is 9.80. The Hall–Kier alpha value is -1.43. The summed E-state index contributed by atoms with van der Waals surface area (Å²) in [7, 11) is 0. The molecule has 3 rings (SSSR count). The molecule has 0 heterocycles. The Morgan fingerprint density at radius 2 is 1.92 bits per heavy atom. The second-order valence-electron chi connectivity index (χ2n) is 7.01. The van der Waals surface area contributed by atoms with Gasteiger partial charge in [-0.25, -0.2) is 0 Å². The number of halogens is 4. The monoisotopic (exact) mass is 376 g/mol. The molecule has 25 heavy (non-hydrogen) atoms. The molecule has 1 amide bonds. The van der Waals surface area contributed by atoms with Gasteiger partial charge in [-0.2, -0.15) is 13.2 Å². The predicted molar refractivity (Wildman–Crippen MR) is 93.4 cm³/mol. The Balaban J connectivity index is 0.00000225. The van der Waals surface area contributed by atoms with Gasteiger partial charge in [0.25, 0.3) is 0 Å². The Kier molecular flexibility index (Phi) is 6.25. The van der Waals surface area contributed by atoms with Crippen LogP contribution in [-0.4, -0.2) is 12.1 Å². The normalized spacial score (nSPS) is 26.3. The quantitative estimate of drug-likeness (QED) is 0.744. The number of amides is 1. The standard InChI is InChI=1S/C18H23F3N2O.ClH/c19-18(20,21)13-5-1-4-12(9-13)17(24)23-16-6-2-3-11-10-14(22)7-8-15(11)16;/h7-8,10,12-13,16H,1-6,9,22H2,(H,23,24);1H. The fraction of sp³-hybridized carbons (Fsp3) is 0.611. The largest absolute Gasteiger partial charge is 0.399 e. The number of rotatable bonds is 2. The van der Waals surface area contributed by atoms with Gasteiger partial charge in [-0.3, -0.25) is 4.79 Å². The van der Waals surface area contributed by atoms with Crippen LogP contribution in [0.5, 0.6) is 0 Å². The van der Waals surface area contributed by atoms with Crippen LogP contribution in [-0.2, 0) is 11.2 Å². The molecular weight excluding hydrogens is 353 g/mol. The van der Waals surface area contributed by atoms with Crippen molar-refractivity contribution < 1.29 is 18.0 Å². The summed E-state index contributed by atoms with van der Waals surface area (Å²) >= 11 is 0. The van der Waals surface area contributed by atoms with Crippen LogP contribution in [0.3, 0.4) is 0 Å². The minimum atomic E-state index is -4.20. The molecule has 0 saturated heterocycles. The second kappa shape index (κ2) is 7.85. The lowest BCUT2D eigenvalue weighted by Crippen LogP contribution is -2.39. The van der Waals surface area contributed by atoms with E-state index in [1.54, 1.807) is 0 Å². The smallest absolute Gasteiger partial charge is 0.391 e. The SMILES string of the molecule is Cl.Nc1ccc2c(c1)CCCC2NC(=O)C1CCCC(C(F)(F)F)C1. The van der Waals surface area contributed by atoms with Crippen molar-refractivity contribution in [2.45, 2.75) is 57.2 Å². The van der Waals surface area contributed by atoms with E-state index in [1.165, 1.54) is 0 Å². The van der Waals surface area contributed by atoms with Gasteiger partial charge in [0.2, 0.25) is 5.91 Å². The minimum Gasteiger partial charge on any atom is -0.399 e. The van der Waals surface area contributed by atoms with Gasteiger partial charge in [0, 0.05) is 11.6 Å². The summed E-state index contributed by atoms with van der Waals surface area (Å²) in [6, 6.07) is 5.54. The summed E-state index contributed by atoms with van der Waals surface area (Å²) in [4.78, 5) is 12.5. The number of nitrogens with one attached hydrogen (secondary N) is 1. The summed E-state index contributed by atoms with van der Waals surface area (Å²) in [6.07, 6.45) is -0.467. The van der Waals surface area contributed by atoms with Crippen molar-refractivity contribution in [3.63, 3.8) is 0 Å². The van der Waals surface area contributed by atoms with Gasteiger partial charge in [-0.05, 0) is 61.8 Å². The molecule has 3 unspecified atom stereocenters. The highest BCUT2D eigenvalue weighted by Crippen LogP contribution is 2.40. The van der Waals surface area contributed by atoms with Crippen molar-refractivity contribution in [3.8, 4) is 0 Å². The minimum absolute atomic E-state index is 0. The van der Waals surface area contributed by atoms with Crippen molar-refractivity contribution in [3.05, 3.63) is 29.3 Å². The lowest BCUT2D eigenvalue weighted by molar-refractivity contribution is -0.186. The first kappa shape index (κ1) is 19.9. The van der Waals surface area contributed by atoms with E-state index >= 15 is 0 Å². The number of nitrogens with two attached hydrogens (primary N) is 1. The van der Waals surface area contributed by atoms with Gasteiger partial charge in [0.15, 0.2) is 0 Å². The number of benzene rings is 1. The van der Waals surface area contributed by atoms with E-state index in [-0.39, 0.29) is 37.2 Å². The van der Waals surface area contributed by atoms with E-state index < -0.39 is 18.0 Å². The van der Waals surface area contributed by atoms with E-state index in [2.05, 4.69) is 5.32 Å². The molecule has 0 aliphatic heterocycles. The van der Waals surface area contributed by atoms with Gasteiger partial charge in [-0.1, -0.05) is 12.5 Å². The third-order valence-corrected chi connectivity index (χ3v) is 5.31. The van der Waals surface area contributed by atoms with Crippen molar-refractivity contribution in [2.24, 2.45) is 11.8 Å². The number of hydrogen-bond acceptors (Lipinski definition) is 2. The number of carbonyl (C=O) groups excluding carboxylic acids is 1. The average Bonchev–Trinajstić information content (AvgIpc) is 2.54. The van der Waals surface area contributed by atoms with Crippen LogP contribution in [0, 0.1) is 11.8 Å². The molecule has 2 aliphatic rings. The molecule has 140 valence electrons. The van der Waals surface area contributed by atoms with Crippen LogP contribution in [0.1, 0.15) is 55.7 Å². The van der Waals surface area contributed by atoms with E-state index in [0.29, 0.717) is 18.5 Å². The molecule has 1 saturated carbocycles.